The molecule has 20 heavy (non-hydrogen) atoms. The molecule has 7 heteroatoms. The Morgan fingerprint density at radius 3 is 2.50 bits per heavy atom. The summed E-state index contributed by atoms with van der Waals surface area (Å²) in [5.41, 5.74) is 0. The van der Waals surface area contributed by atoms with Crippen molar-refractivity contribution in [3.63, 3.8) is 0 Å². The van der Waals surface area contributed by atoms with Crippen molar-refractivity contribution in [1.82, 2.24) is 15.5 Å². The van der Waals surface area contributed by atoms with E-state index in [2.05, 4.69) is 10.6 Å². The summed E-state index contributed by atoms with van der Waals surface area (Å²) in [6, 6.07) is -0.683. The lowest BCUT2D eigenvalue weighted by molar-refractivity contribution is -0.140. The highest BCUT2D eigenvalue weighted by molar-refractivity contribution is 5.84. The summed E-state index contributed by atoms with van der Waals surface area (Å²) in [4.78, 5) is 35.4. The standard InChI is InChI=1S/C13H21N3O4/c1-8(2)14-11(17)7-16(3)13(20)15-10-5-4-9(6-10)12(18)19/h4-5,8-10H,6-7H2,1-3H3,(H,14,17)(H,15,20)(H,18,19). The monoisotopic (exact) mass is 283 g/mol. The van der Waals surface area contributed by atoms with Gasteiger partial charge < -0.3 is 20.6 Å². The molecular formula is C13H21N3O4. The number of carbonyl (C=O) groups is 3. The Morgan fingerprint density at radius 2 is 2.00 bits per heavy atom. The first-order valence-corrected chi connectivity index (χ1v) is 6.51. The summed E-state index contributed by atoms with van der Waals surface area (Å²) in [7, 11) is 1.52. The van der Waals surface area contributed by atoms with Crippen molar-refractivity contribution < 1.29 is 19.5 Å². The van der Waals surface area contributed by atoms with Crippen LogP contribution >= 0.6 is 0 Å². The molecule has 112 valence electrons. The number of aliphatic carboxylic acids is 1. The number of rotatable bonds is 5. The van der Waals surface area contributed by atoms with Gasteiger partial charge in [0.25, 0.3) is 0 Å². The molecule has 0 aromatic rings. The maximum Gasteiger partial charge on any atom is 0.318 e. The molecule has 1 aliphatic carbocycles. The molecule has 0 fully saturated rings. The largest absolute Gasteiger partial charge is 0.481 e. The molecule has 1 rings (SSSR count). The summed E-state index contributed by atoms with van der Waals surface area (Å²) in [5, 5.41) is 14.2. The summed E-state index contributed by atoms with van der Waals surface area (Å²) >= 11 is 0. The van der Waals surface area contributed by atoms with E-state index in [0.717, 1.165) is 0 Å². The lowest BCUT2D eigenvalue weighted by atomic mass is 10.1. The Kier molecular flexibility index (Phi) is 5.54. The van der Waals surface area contributed by atoms with Crippen molar-refractivity contribution in [2.45, 2.75) is 32.4 Å². The van der Waals surface area contributed by atoms with E-state index in [9.17, 15) is 14.4 Å². The average molecular weight is 283 g/mol. The van der Waals surface area contributed by atoms with Gasteiger partial charge in [0.05, 0.1) is 12.0 Å². The Balaban J connectivity index is 2.38. The topological polar surface area (TPSA) is 98.7 Å². The minimum atomic E-state index is -0.900. The number of nitrogens with zero attached hydrogens (tertiary/aromatic N) is 1. The number of likely N-dealkylation sites (N-methyl/N-ethyl adjacent to an activating group) is 1. The number of urea groups is 1. The number of carboxylic acid groups (broad SMARTS) is 1. The smallest absolute Gasteiger partial charge is 0.318 e. The summed E-state index contributed by atoms with van der Waals surface area (Å²) in [5.74, 6) is -1.69. The molecular weight excluding hydrogens is 262 g/mol. The predicted molar refractivity (Wildman–Crippen MR) is 73.1 cm³/mol. The fraction of sp³-hybridized carbons (Fsp3) is 0.615. The molecule has 3 amide bonds. The van der Waals surface area contributed by atoms with Crippen LogP contribution < -0.4 is 10.6 Å². The van der Waals surface area contributed by atoms with E-state index in [1.165, 1.54) is 11.9 Å². The Labute approximate surface area is 118 Å². The van der Waals surface area contributed by atoms with Crippen LogP contribution in [0.15, 0.2) is 12.2 Å². The maximum atomic E-state index is 11.9. The van der Waals surface area contributed by atoms with Gasteiger partial charge in [0.2, 0.25) is 5.91 Å². The van der Waals surface area contributed by atoms with Gasteiger partial charge in [-0.1, -0.05) is 12.2 Å². The molecule has 0 bridgehead atoms. The minimum absolute atomic E-state index is 0.0213. The van der Waals surface area contributed by atoms with Gasteiger partial charge >= 0.3 is 12.0 Å². The van der Waals surface area contributed by atoms with E-state index in [1.54, 1.807) is 12.2 Å². The van der Waals surface area contributed by atoms with Gasteiger partial charge in [-0.2, -0.15) is 0 Å². The molecule has 0 saturated carbocycles. The third-order valence-corrected chi connectivity index (χ3v) is 2.89. The maximum absolute atomic E-state index is 11.9. The normalized spacial score (nSPS) is 20.8. The van der Waals surface area contributed by atoms with Crippen LogP contribution in [0.4, 0.5) is 4.79 Å². The molecule has 1 aliphatic rings. The van der Waals surface area contributed by atoms with Gasteiger partial charge in [-0.25, -0.2) is 4.79 Å². The second-order valence-corrected chi connectivity index (χ2v) is 5.20. The Bertz CT molecular complexity index is 420. The molecule has 0 saturated heterocycles. The molecule has 0 aliphatic heterocycles. The van der Waals surface area contributed by atoms with Crippen LogP contribution in [0.3, 0.4) is 0 Å². The fourth-order valence-corrected chi connectivity index (χ4v) is 1.91. The number of carbonyl (C=O) groups excluding carboxylic acids is 2. The van der Waals surface area contributed by atoms with Gasteiger partial charge in [0.1, 0.15) is 6.54 Å². The van der Waals surface area contributed by atoms with Crippen molar-refractivity contribution in [2.24, 2.45) is 5.92 Å². The molecule has 0 aromatic carbocycles. The number of amides is 3. The van der Waals surface area contributed by atoms with Crippen molar-refractivity contribution in [3.8, 4) is 0 Å². The van der Waals surface area contributed by atoms with E-state index >= 15 is 0 Å². The van der Waals surface area contributed by atoms with Crippen LogP contribution in [-0.4, -0.2) is 53.6 Å². The third-order valence-electron chi connectivity index (χ3n) is 2.89. The van der Waals surface area contributed by atoms with Gasteiger partial charge in [-0.15, -0.1) is 0 Å². The summed E-state index contributed by atoms with van der Waals surface area (Å²) in [6.45, 7) is 3.64. The van der Waals surface area contributed by atoms with E-state index in [0.29, 0.717) is 6.42 Å². The van der Waals surface area contributed by atoms with Gasteiger partial charge in [0.15, 0.2) is 0 Å². The van der Waals surface area contributed by atoms with Crippen LogP contribution in [0.25, 0.3) is 0 Å². The fourth-order valence-electron chi connectivity index (χ4n) is 1.91. The zero-order valence-corrected chi connectivity index (χ0v) is 11.9. The SMILES string of the molecule is CC(C)NC(=O)CN(C)C(=O)NC1C=CC(C(=O)O)C1. The third kappa shape index (κ3) is 4.91. The van der Waals surface area contributed by atoms with Crippen molar-refractivity contribution in [3.05, 3.63) is 12.2 Å². The number of hydrogen-bond donors (Lipinski definition) is 3. The van der Waals surface area contributed by atoms with Gasteiger partial charge in [-0.05, 0) is 20.3 Å². The Morgan fingerprint density at radius 1 is 1.35 bits per heavy atom. The highest BCUT2D eigenvalue weighted by atomic mass is 16.4. The van der Waals surface area contributed by atoms with E-state index in [-0.39, 0.29) is 24.5 Å². The van der Waals surface area contributed by atoms with Gasteiger partial charge in [-0.3, -0.25) is 9.59 Å². The number of hydrogen-bond acceptors (Lipinski definition) is 3. The quantitative estimate of drug-likeness (QED) is 0.627. The molecule has 2 unspecified atom stereocenters. The van der Waals surface area contributed by atoms with E-state index in [4.69, 9.17) is 5.11 Å². The Hall–Kier alpha value is -2.05. The zero-order chi connectivity index (χ0) is 15.3. The van der Waals surface area contributed by atoms with Crippen LogP contribution in [0.5, 0.6) is 0 Å². The zero-order valence-electron chi connectivity index (χ0n) is 11.9. The molecule has 3 N–H and O–H groups in total. The molecule has 0 radical (unpaired) electrons. The summed E-state index contributed by atoms with van der Waals surface area (Å²) in [6.07, 6.45) is 3.57. The van der Waals surface area contributed by atoms with Crippen molar-refractivity contribution >= 4 is 17.9 Å². The average Bonchev–Trinajstić information content (AvgIpc) is 2.76. The highest BCUT2D eigenvalue weighted by Gasteiger charge is 2.26. The van der Waals surface area contributed by atoms with Crippen LogP contribution in [0, 0.1) is 5.92 Å². The van der Waals surface area contributed by atoms with Gasteiger partial charge in [0, 0.05) is 13.1 Å². The molecule has 2 atom stereocenters. The molecule has 0 spiro atoms. The van der Waals surface area contributed by atoms with Crippen LogP contribution in [-0.2, 0) is 9.59 Å². The van der Waals surface area contributed by atoms with Crippen LogP contribution in [0.2, 0.25) is 0 Å². The highest BCUT2D eigenvalue weighted by Crippen LogP contribution is 2.17. The lowest BCUT2D eigenvalue weighted by Gasteiger charge is -2.21. The number of carboxylic acids is 1. The molecule has 7 nitrogen and oxygen atoms in total. The second-order valence-electron chi connectivity index (χ2n) is 5.20. The lowest BCUT2D eigenvalue weighted by Crippen LogP contribution is -2.47. The minimum Gasteiger partial charge on any atom is -0.481 e. The number of nitrogens with one attached hydrogen (secondary N) is 2. The summed E-state index contributed by atoms with van der Waals surface area (Å²) < 4.78 is 0. The second kappa shape index (κ2) is 6.93. The molecule has 0 heterocycles. The van der Waals surface area contributed by atoms with Crippen LogP contribution in [0.1, 0.15) is 20.3 Å². The molecule has 0 aromatic heterocycles. The van der Waals surface area contributed by atoms with Crippen molar-refractivity contribution in [2.75, 3.05) is 13.6 Å². The predicted octanol–water partition coefficient (Wildman–Crippen LogP) is 0.182. The van der Waals surface area contributed by atoms with E-state index in [1.807, 2.05) is 13.8 Å². The first kappa shape index (κ1) is 16.0. The van der Waals surface area contributed by atoms with E-state index < -0.39 is 17.9 Å². The first-order chi connectivity index (χ1) is 9.29. The van der Waals surface area contributed by atoms with Crippen molar-refractivity contribution in [1.29, 1.82) is 0 Å². The first-order valence-electron chi connectivity index (χ1n) is 6.51.